The van der Waals surface area contributed by atoms with E-state index in [1.54, 1.807) is 0 Å². The first-order chi connectivity index (χ1) is 10.3. The second kappa shape index (κ2) is 6.66. The van der Waals surface area contributed by atoms with Gasteiger partial charge in [0.25, 0.3) is 0 Å². The van der Waals surface area contributed by atoms with Crippen LogP contribution in [-0.4, -0.2) is 6.61 Å². The lowest BCUT2D eigenvalue weighted by molar-refractivity contribution is 0.310. The molecule has 2 aromatic carbocycles. The lowest BCUT2D eigenvalue weighted by atomic mass is 9.92. The van der Waals surface area contributed by atoms with E-state index in [1.165, 1.54) is 42.4 Å². The van der Waals surface area contributed by atoms with Crippen LogP contribution in [0.3, 0.4) is 0 Å². The Balaban J connectivity index is 1.48. The van der Waals surface area contributed by atoms with Gasteiger partial charge >= 0.3 is 0 Å². The van der Waals surface area contributed by atoms with Crippen molar-refractivity contribution >= 4 is 5.69 Å². The highest BCUT2D eigenvalue weighted by Crippen LogP contribution is 2.25. The normalized spacial score (nSPS) is 13.7. The van der Waals surface area contributed by atoms with E-state index in [0.29, 0.717) is 0 Å². The summed E-state index contributed by atoms with van der Waals surface area (Å²) in [5.41, 5.74) is 10.8. The maximum Gasteiger partial charge on any atom is 0.119 e. The fraction of sp³-hybridized carbons (Fsp3) is 0.368. The second-order valence-corrected chi connectivity index (χ2v) is 5.83. The number of nitrogen functional groups attached to an aromatic ring is 1. The van der Waals surface area contributed by atoms with Crippen LogP contribution in [0, 0.1) is 0 Å². The first-order valence-corrected chi connectivity index (χ1v) is 7.90. The molecule has 0 atom stereocenters. The number of anilines is 1. The molecular formula is C19H23NO. The SMILES string of the molecule is Nc1ccc(CCCOc2ccc3c(c2)CCCC3)cc1. The molecule has 0 radical (unpaired) electrons. The average Bonchev–Trinajstić information content (AvgIpc) is 2.53. The zero-order valence-corrected chi connectivity index (χ0v) is 12.5. The molecule has 1 aliphatic rings. The van der Waals surface area contributed by atoms with Crippen molar-refractivity contribution in [2.24, 2.45) is 0 Å². The molecule has 3 rings (SSSR count). The number of hydrogen-bond acceptors (Lipinski definition) is 2. The van der Waals surface area contributed by atoms with E-state index in [0.717, 1.165) is 30.9 Å². The summed E-state index contributed by atoms with van der Waals surface area (Å²) in [6.45, 7) is 0.767. The van der Waals surface area contributed by atoms with Crippen LogP contribution in [0.5, 0.6) is 5.75 Å². The Bertz CT molecular complexity index is 589. The highest BCUT2D eigenvalue weighted by atomic mass is 16.5. The van der Waals surface area contributed by atoms with Crippen LogP contribution < -0.4 is 10.5 Å². The van der Waals surface area contributed by atoms with Crippen molar-refractivity contribution in [3.05, 3.63) is 59.2 Å². The first kappa shape index (κ1) is 14.0. The third-order valence-corrected chi connectivity index (χ3v) is 4.18. The largest absolute Gasteiger partial charge is 0.494 e. The van der Waals surface area contributed by atoms with Crippen LogP contribution in [-0.2, 0) is 19.3 Å². The molecule has 0 saturated heterocycles. The number of fused-ring (bicyclic) bond motifs is 1. The fourth-order valence-electron chi connectivity index (χ4n) is 2.95. The lowest BCUT2D eigenvalue weighted by Gasteiger charge is -2.16. The van der Waals surface area contributed by atoms with Gasteiger partial charge in [-0.15, -0.1) is 0 Å². The predicted octanol–water partition coefficient (Wildman–Crippen LogP) is 4.16. The molecular weight excluding hydrogens is 258 g/mol. The van der Waals surface area contributed by atoms with Crippen LogP contribution >= 0.6 is 0 Å². The summed E-state index contributed by atoms with van der Waals surface area (Å²) < 4.78 is 5.89. The second-order valence-electron chi connectivity index (χ2n) is 5.83. The Labute approximate surface area is 126 Å². The monoisotopic (exact) mass is 281 g/mol. The Kier molecular flexibility index (Phi) is 4.44. The molecule has 2 aromatic rings. The van der Waals surface area contributed by atoms with Crippen LogP contribution in [0.1, 0.15) is 36.0 Å². The molecule has 1 aliphatic carbocycles. The number of aryl methyl sites for hydroxylation is 3. The van der Waals surface area contributed by atoms with Gasteiger partial charge in [0.1, 0.15) is 5.75 Å². The zero-order valence-electron chi connectivity index (χ0n) is 12.5. The highest BCUT2D eigenvalue weighted by molar-refractivity contribution is 5.39. The minimum Gasteiger partial charge on any atom is -0.494 e. The third-order valence-electron chi connectivity index (χ3n) is 4.18. The van der Waals surface area contributed by atoms with Gasteiger partial charge in [-0.1, -0.05) is 18.2 Å². The summed E-state index contributed by atoms with van der Waals surface area (Å²) in [6.07, 6.45) is 7.14. The van der Waals surface area contributed by atoms with Crippen molar-refractivity contribution < 1.29 is 4.74 Å². The molecule has 0 unspecified atom stereocenters. The molecule has 0 aliphatic heterocycles. The number of nitrogens with two attached hydrogens (primary N) is 1. The number of benzene rings is 2. The van der Waals surface area contributed by atoms with Crippen molar-refractivity contribution in [1.29, 1.82) is 0 Å². The minimum absolute atomic E-state index is 0.767. The molecule has 0 amide bonds. The van der Waals surface area contributed by atoms with Crippen LogP contribution in [0.2, 0.25) is 0 Å². The van der Waals surface area contributed by atoms with Gasteiger partial charge in [0.15, 0.2) is 0 Å². The minimum atomic E-state index is 0.767. The standard InChI is InChI=1S/C19H23NO/c20-18-10-7-15(8-11-18)4-3-13-21-19-12-9-16-5-1-2-6-17(16)14-19/h7-12,14H,1-6,13,20H2. The highest BCUT2D eigenvalue weighted by Gasteiger charge is 2.09. The molecule has 0 bridgehead atoms. The Morgan fingerprint density at radius 3 is 2.48 bits per heavy atom. The molecule has 0 saturated carbocycles. The number of hydrogen-bond donors (Lipinski definition) is 1. The van der Waals surface area contributed by atoms with E-state index in [-0.39, 0.29) is 0 Å². The fourth-order valence-corrected chi connectivity index (χ4v) is 2.95. The van der Waals surface area contributed by atoms with E-state index in [1.807, 2.05) is 12.1 Å². The van der Waals surface area contributed by atoms with Gasteiger partial charge in [-0.3, -0.25) is 0 Å². The van der Waals surface area contributed by atoms with Crippen molar-refractivity contribution in [2.75, 3.05) is 12.3 Å². The van der Waals surface area contributed by atoms with Gasteiger partial charge in [0.05, 0.1) is 6.61 Å². The Morgan fingerprint density at radius 1 is 0.905 bits per heavy atom. The molecule has 0 spiro atoms. The van der Waals surface area contributed by atoms with Crippen molar-refractivity contribution in [2.45, 2.75) is 38.5 Å². The molecule has 2 nitrogen and oxygen atoms in total. The summed E-state index contributed by atoms with van der Waals surface area (Å²) in [5.74, 6) is 1.02. The van der Waals surface area contributed by atoms with Crippen molar-refractivity contribution in [3.63, 3.8) is 0 Å². The number of rotatable bonds is 5. The zero-order chi connectivity index (χ0) is 14.5. The van der Waals surface area contributed by atoms with Crippen molar-refractivity contribution in [3.8, 4) is 5.75 Å². The quantitative estimate of drug-likeness (QED) is 0.660. The van der Waals surface area contributed by atoms with Crippen LogP contribution in [0.15, 0.2) is 42.5 Å². The van der Waals surface area contributed by atoms with E-state index in [9.17, 15) is 0 Å². The topological polar surface area (TPSA) is 35.2 Å². The maximum atomic E-state index is 5.89. The van der Waals surface area contributed by atoms with Gasteiger partial charge in [0.2, 0.25) is 0 Å². The molecule has 110 valence electrons. The summed E-state index contributed by atoms with van der Waals surface area (Å²) in [7, 11) is 0. The first-order valence-electron chi connectivity index (χ1n) is 7.90. The Hall–Kier alpha value is -1.96. The smallest absolute Gasteiger partial charge is 0.119 e. The summed E-state index contributed by atoms with van der Waals surface area (Å²) in [6, 6.07) is 14.7. The summed E-state index contributed by atoms with van der Waals surface area (Å²) in [4.78, 5) is 0. The van der Waals surface area contributed by atoms with Gasteiger partial charge < -0.3 is 10.5 Å². The van der Waals surface area contributed by atoms with E-state index >= 15 is 0 Å². The van der Waals surface area contributed by atoms with Gasteiger partial charge in [0, 0.05) is 5.69 Å². The van der Waals surface area contributed by atoms with E-state index < -0.39 is 0 Å². The lowest BCUT2D eigenvalue weighted by Crippen LogP contribution is -2.04. The molecule has 0 fully saturated rings. The average molecular weight is 281 g/mol. The van der Waals surface area contributed by atoms with Gasteiger partial charge in [-0.05, 0) is 79.5 Å². The number of ether oxygens (including phenoxy) is 1. The molecule has 0 heterocycles. The molecule has 2 N–H and O–H groups in total. The molecule has 0 aromatic heterocycles. The summed E-state index contributed by atoms with van der Waals surface area (Å²) >= 11 is 0. The van der Waals surface area contributed by atoms with Crippen LogP contribution in [0.4, 0.5) is 5.69 Å². The maximum absolute atomic E-state index is 5.89. The molecule has 21 heavy (non-hydrogen) atoms. The van der Waals surface area contributed by atoms with E-state index in [4.69, 9.17) is 10.5 Å². The van der Waals surface area contributed by atoms with Crippen molar-refractivity contribution in [1.82, 2.24) is 0 Å². The summed E-state index contributed by atoms with van der Waals surface area (Å²) in [5, 5.41) is 0. The van der Waals surface area contributed by atoms with E-state index in [2.05, 4.69) is 30.3 Å². The van der Waals surface area contributed by atoms with Crippen LogP contribution in [0.25, 0.3) is 0 Å². The third kappa shape index (κ3) is 3.78. The predicted molar refractivity (Wildman–Crippen MR) is 87.8 cm³/mol. The van der Waals surface area contributed by atoms with Gasteiger partial charge in [-0.25, -0.2) is 0 Å². The van der Waals surface area contributed by atoms with Gasteiger partial charge in [-0.2, -0.15) is 0 Å². The molecule has 2 heteroatoms. The Morgan fingerprint density at radius 2 is 1.67 bits per heavy atom.